The molecule has 18 heavy (non-hydrogen) atoms. The maximum Gasteiger partial charge on any atom is 0.162 e. The summed E-state index contributed by atoms with van der Waals surface area (Å²) in [4.78, 5) is 8.61. The fraction of sp³-hybridized carbons (Fsp3) is 0.417. The molecule has 0 aliphatic carbocycles. The van der Waals surface area contributed by atoms with Crippen molar-refractivity contribution in [1.29, 1.82) is 0 Å². The van der Waals surface area contributed by atoms with Crippen LogP contribution in [0.1, 0.15) is 23.9 Å². The van der Waals surface area contributed by atoms with E-state index in [-0.39, 0.29) is 0 Å². The molecule has 0 aromatic carbocycles. The van der Waals surface area contributed by atoms with Crippen molar-refractivity contribution in [3.05, 3.63) is 27.8 Å². The van der Waals surface area contributed by atoms with Crippen LogP contribution in [0.2, 0.25) is 0 Å². The summed E-state index contributed by atoms with van der Waals surface area (Å²) in [6, 6.07) is 0. The van der Waals surface area contributed by atoms with E-state index in [1.165, 1.54) is 0 Å². The molecule has 2 rings (SSSR count). The zero-order valence-corrected chi connectivity index (χ0v) is 12.5. The Morgan fingerprint density at radius 3 is 2.56 bits per heavy atom. The number of aryl methyl sites for hydroxylation is 1. The molecule has 0 saturated heterocycles. The summed E-state index contributed by atoms with van der Waals surface area (Å²) in [5, 5.41) is 7.61. The van der Waals surface area contributed by atoms with Crippen LogP contribution in [0.5, 0.6) is 0 Å². The fourth-order valence-corrected chi connectivity index (χ4v) is 2.20. The van der Waals surface area contributed by atoms with E-state index < -0.39 is 0 Å². The standard InChI is InChI=1S/C12H16BrN5/c1-5-9-11(14-4)15-6-16-12(9)18-8(3)10(13)7(2)17-18/h6H,5H2,1-4H3,(H,14,15,16). The molecule has 2 aromatic rings. The van der Waals surface area contributed by atoms with Crippen molar-refractivity contribution in [2.24, 2.45) is 0 Å². The van der Waals surface area contributed by atoms with E-state index in [2.05, 4.69) is 43.2 Å². The second-order valence-corrected chi connectivity index (χ2v) is 4.82. The average molecular weight is 310 g/mol. The highest BCUT2D eigenvalue weighted by Crippen LogP contribution is 2.25. The van der Waals surface area contributed by atoms with Crippen LogP contribution in [-0.4, -0.2) is 26.8 Å². The van der Waals surface area contributed by atoms with Crippen molar-refractivity contribution in [2.75, 3.05) is 12.4 Å². The van der Waals surface area contributed by atoms with Gasteiger partial charge in [-0.05, 0) is 36.2 Å². The van der Waals surface area contributed by atoms with E-state index in [9.17, 15) is 0 Å². The molecule has 0 fully saturated rings. The third kappa shape index (κ3) is 2.01. The van der Waals surface area contributed by atoms with E-state index >= 15 is 0 Å². The van der Waals surface area contributed by atoms with Crippen molar-refractivity contribution in [2.45, 2.75) is 27.2 Å². The summed E-state index contributed by atoms with van der Waals surface area (Å²) in [7, 11) is 1.86. The monoisotopic (exact) mass is 309 g/mol. The molecule has 6 heteroatoms. The lowest BCUT2D eigenvalue weighted by Gasteiger charge is -2.11. The SMILES string of the molecule is CCc1c(NC)ncnc1-n1nc(C)c(Br)c1C. The van der Waals surface area contributed by atoms with Gasteiger partial charge in [0.2, 0.25) is 0 Å². The van der Waals surface area contributed by atoms with E-state index in [1.54, 1.807) is 6.33 Å². The van der Waals surface area contributed by atoms with Gasteiger partial charge in [0.1, 0.15) is 12.1 Å². The zero-order valence-electron chi connectivity index (χ0n) is 11.0. The van der Waals surface area contributed by atoms with E-state index in [0.29, 0.717) is 0 Å². The van der Waals surface area contributed by atoms with E-state index in [1.807, 2.05) is 25.6 Å². The first-order chi connectivity index (χ1) is 8.60. The quantitative estimate of drug-likeness (QED) is 0.947. The van der Waals surface area contributed by atoms with Gasteiger partial charge < -0.3 is 5.32 Å². The fourth-order valence-electron chi connectivity index (χ4n) is 1.96. The molecule has 0 amide bonds. The van der Waals surface area contributed by atoms with Crippen LogP contribution >= 0.6 is 15.9 Å². The topological polar surface area (TPSA) is 55.6 Å². The first kappa shape index (κ1) is 13.0. The average Bonchev–Trinajstić information content (AvgIpc) is 2.65. The van der Waals surface area contributed by atoms with Gasteiger partial charge in [0.05, 0.1) is 15.9 Å². The smallest absolute Gasteiger partial charge is 0.162 e. The maximum atomic E-state index is 4.52. The third-order valence-electron chi connectivity index (χ3n) is 2.92. The Morgan fingerprint density at radius 2 is 2.06 bits per heavy atom. The first-order valence-corrected chi connectivity index (χ1v) is 6.63. The minimum atomic E-state index is 0.836. The molecule has 0 unspecified atom stereocenters. The second-order valence-electron chi connectivity index (χ2n) is 4.02. The highest BCUT2D eigenvalue weighted by Gasteiger charge is 2.16. The number of nitrogens with one attached hydrogen (secondary N) is 1. The van der Waals surface area contributed by atoms with E-state index in [0.717, 1.165) is 39.5 Å². The van der Waals surface area contributed by atoms with Crippen molar-refractivity contribution in [1.82, 2.24) is 19.7 Å². The van der Waals surface area contributed by atoms with Crippen molar-refractivity contribution < 1.29 is 0 Å². The molecule has 5 nitrogen and oxygen atoms in total. The lowest BCUT2D eigenvalue weighted by molar-refractivity contribution is 0.785. The molecule has 0 radical (unpaired) electrons. The maximum absolute atomic E-state index is 4.52. The second kappa shape index (κ2) is 5.06. The van der Waals surface area contributed by atoms with Gasteiger partial charge in [0, 0.05) is 12.6 Å². The minimum absolute atomic E-state index is 0.836. The Morgan fingerprint density at radius 1 is 1.33 bits per heavy atom. The van der Waals surface area contributed by atoms with Gasteiger partial charge in [-0.15, -0.1) is 0 Å². The zero-order chi connectivity index (χ0) is 13.3. The number of rotatable bonds is 3. The lowest BCUT2D eigenvalue weighted by atomic mass is 10.2. The molecule has 0 aliphatic heterocycles. The predicted octanol–water partition coefficient (Wildman–Crippen LogP) is 2.65. The number of nitrogens with zero attached hydrogens (tertiary/aromatic N) is 4. The predicted molar refractivity (Wildman–Crippen MR) is 75.3 cm³/mol. The summed E-state index contributed by atoms with van der Waals surface area (Å²) in [5.41, 5.74) is 3.07. The molecule has 2 heterocycles. The number of halogens is 1. The summed E-state index contributed by atoms with van der Waals surface area (Å²) >= 11 is 3.54. The minimum Gasteiger partial charge on any atom is -0.373 e. The summed E-state index contributed by atoms with van der Waals surface area (Å²) < 4.78 is 2.88. The van der Waals surface area contributed by atoms with Crippen molar-refractivity contribution in [3.8, 4) is 5.82 Å². The largest absolute Gasteiger partial charge is 0.373 e. The van der Waals surface area contributed by atoms with Crippen LogP contribution in [0.25, 0.3) is 5.82 Å². The lowest BCUT2D eigenvalue weighted by Crippen LogP contribution is -2.09. The van der Waals surface area contributed by atoms with Gasteiger partial charge in [0.15, 0.2) is 5.82 Å². The van der Waals surface area contributed by atoms with Gasteiger partial charge in [-0.3, -0.25) is 0 Å². The van der Waals surface area contributed by atoms with Crippen LogP contribution in [0.3, 0.4) is 0 Å². The highest BCUT2D eigenvalue weighted by molar-refractivity contribution is 9.10. The molecule has 0 bridgehead atoms. The molecule has 2 aromatic heterocycles. The van der Waals surface area contributed by atoms with Crippen LogP contribution < -0.4 is 5.32 Å². The molecule has 0 aliphatic rings. The molecule has 0 spiro atoms. The summed E-state index contributed by atoms with van der Waals surface area (Å²) in [6.45, 7) is 6.08. The number of anilines is 1. The van der Waals surface area contributed by atoms with E-state index in [4.69, 9.17) is 0 Å². The third-order valence-corrected chi connectivity index (χ3v) is 4.06. The highest BCUT2D eigenvalue weighted by atomic mass is 79.9. The molecular formula is C12H16BrN5. The Hall–Kier alpha value is -1.43. The molecular weight excluding hydrogens is 294 g/mol. The molecule has 96 valence electrons. The van der Waals surface area contributed by atoms with Gasteiger partial charge in [0.25, 0.3) is 0 Å². The number of hydrogen-bond acceptors (Lipinski definition) is 4. The first-order valence-electron chi connectivity index (χ1n) is 5.83. The molecule has 0 atom stereocenters. The summed E-state index contributed by atoms with van der Waals surface area (Å²) in [5.74, 6) is 1.69. The van der Waals surface area contributed by atoms with Crippen LogP contribution in [-0.2, 0) is 6.42 Å². The van der Waals surface area contributed by atoms with Crippen LogP contribution in [0.4, 0.5) is 5.82 Å². The van der Waals surface area contributed by atoms with Crippen LogP contribution in [0, 0.1) is 13.8 Å². The van der Waals surface area contributed by atoms with Gasteiger partial charge in [-0.1, -0.05) is 6.92 Å². The Bertz CT molecular complexity index is 576. The Kier molecular flexibility index (Phi) is 3.65. The number of hydrogen-bond donors (Lipinski definition) is 1. The molecule has 0 saturated carbocycles. The van der Waals surface area contributed by atoms with Crippen LogP contribution in [0.15, 0.2) is 10.8 Å². The number of aromatic nitrogens is 4. The van der Waals surface area contributed by atoms with Crippen molar-refractivity contribution >= 4 is 21.7 Å². The molecule has 1 N–H and O–H groups in total. The van der Waals surface area contributed by atoms with Crippen molar-refractivity contribution in [3.63, 3.8) is 0 Å². The normalized spacial score (nSPS) is 10.7. The van der Waals surface area contributed by atoms with Gasteiger partial charge >= 0.3 is 0 Å². The Labute approximate surface area is 115 Å². The Balaban J connectivity index is 2.67. The van der Waals surface area contributed by atoms with Gasteiger partial charge in [-0.2, -0.15) is 5.10 Å². The summed E-state index contributed by atoms with van der Waals surface area (Å²) in [6.07, 6.45) is 2.41. The van der Waals surface area contributed by atoms with Gasteiger partial charge in [-0.25, -0.2) is 14.6 Å².